The van der Waals surface area contributed by atoms with E-state index in [0.717, 1.165) is 24.8 Å². The lowest BCUT2D eigenvalue weighted by atomic mass is 9.79. The van der Waals surface area contributed by atoms with E-state index in [1.807, 2.05) is 18.3 Å². The van der Waals surface area contributed by atoms with Crippen molar-refractivity contribution in [1.29, 1.82) is 0 Å². The first-order valence-electron chi connectivity index (χ1n) is 7.76. The standard InChI is InChI=1S/C17H27N3O/c1-16(2,3)11-14(13-7-5-10-18-12-13)19-15(21)20-17(4)8-6-9-17/h5,7,10,12,14H,6,8-9,11H2,1-4H3,(H2,19,20,21)/t14-/m1/s1. The second-order valence-corrected chi connectivity index (χ2v) is 7.62. The molecule has 1 aliphatic rings. The molecule has 1 aliphatic carbocycles. The highest BCUT2D eigenvalue weighted by molar-refractivity contribution is 5.75. The number of nitrogens with one attached hydrogen (secondary N) is 2. The molecule has 4 nitrogen and oxygen atoms in total. The van der Waals surface area contributed by atoms with Gasteiger partial charge in [0.2, 0.25) is 0 Å². The van der Waals surface area contributed by atoms with Gasteiger partial charge in [-0.3, -0.25) is 4.98 Å². The topological polar surface area (TPSA) is 54.0 Å². The van der Waals surface area contributed by atoms with Crippen LogP contribution in [0, 0.1) is 5.41 Å². The van der Waals surface area contributed by atoms with Crippen LogP contribution in [0.3, 0.4) is 0 Å². The Morgan fingerprint density at radius 3 is 2.62 bits per heavy atom. The number of urea groups is 1. The van der Waals surface area contributed by atoms with Crippen molar-refractivity contribution in [3.05, 3.63) is 30.1 Å². The summed E-state index contributed by atoms with van der Waals surface area (Å²) >= 11 is 0. The maximum absolute atomic E-state index is 12.3. The maximum Gasteiger partial charge on any atom is 0.315 e. The largest absolute Gasteiger partial charge is 0.333 e. The van der Waals surface area contributed by atoms with E-state index < -0.39 is 0 Å². The van der Waals surface area contributed by atoms with Gasteiger partial charge in [0.15, 0.2) is 0 Å². The molecule has 2 rings (SSSR count). The van der Waals surface area contributed by atoms with E-state index in [1.54, 1.807) is 6.20 Å². The number of rotatable bonds is 4. The molecule has 0 aliphatic heterocycles. The first-order chi connectivity index (χ1) is 9.77. The molecule has 1 heterocycles. The lowest BCUT2D eigenvalue weighted by molar-refractivity contribution is 0.185. The van der Waals surface area contributed by atoms with Gasteiger partial charge in [-0.2, -0.15) is 0 Å². The molecule has 2 N–H and O–H groups in total. The summed E-state index contributed by atoms with van der Waals surface area (Å²) in [5, 5.41) is 6.23. The highest BCUT2D eigenvalue weighted by Crippen LogP contribution is 2.32. The molecule has 4 heteroatoms. The number of carbonyl (C=O) groups is 1. The van der Waals surface area contributed by atoms with E-state index in [2.05, 4.69) is 43.3 Å². The van der Waals surface area contributed by atoms with Crippen LogP contribution in [0.4, 0.5) is 4.79 Å². The molecule has 0 radical (unpaired) electrons. The van der Waals surface area contributed by atoms with Crippen molar-refractivity contribution in [2.45, 2.75) is 65.0 Å². The molecule has 1 saturated carbocycles. The number of hydrogen-bond donors (Lipinski definition) is 2. The molecule has 21 heavy (non-hydrogen) atoms. The maximum atomic E-state index is 12.3. The van der Waals surface area contributed by atoms with Crippen molar-refractivity contribution in [3.8, 4) is 0 Å². The quantitative estimate of drug-likeness (QED) is 0.885. The summed E-state index contributed by atoms with van der Waals surface area (Å²) in [5.74, 6) is 0. The van der Waals surface area contributed by atoms with Gasteiger partial charge in [0.25, 0.3) is 0 Å². The summed E-state index contributed by atoms with van der Waals surface area (Å²) < 4.78 is 0. The third kappa shape index (κ3) is 4.73. The third-order valence-electron chi connectivity index (χ3n) is 4.08. The number of nitrogens with zero attached hydrogens (tertiary/aromatic N) is 1. The molecular formula is C17H27N3O. The van der Waals surface area contributed by atoms with Crippen LogP contribution in [0.25, 0.3) is 0 Å². The van der Waals surface area contributed by atoms with E-state index in [-0.39, 0.29) is 23.0 Å². The van der Waals surface area contributed by atoms with Crippen molar-refractivity contribution in [1.82, 2.24) is 15.6 Å². The third-order valence-corrected chi connectivity index (χ3v) is 4.08. The molecular weight excluding hydrogens is 262 g/mol. The number of pyridine rings is 1. The minimum Gasteiger partial charge on any atom is -0.333 e. The predicted molar refractivity (Wildman–Crippen MR) is 85.0 cm³/mol. The van der Waals surface area contributed by atoms with Gasteiger partial charge in [0.05, 0.1) is 6.04 Å². The summed E-state index contributed by atoms with van der Waals surface area (Å²) in [5.41, 5.74) is 1.17. The Balaban J connectivity index is 2.03. The van der Waals surface area contributed by atoms with Crippen LogP contribution in [0.15, 0.2) is 24.5 Å². The van der Waals surface area contributed by atoms with Crippen molar-refractivity contribution < 1.29 is 4.79 Å². The fourth-order valence-corrected chi connectivity index (χ4v) is 2.75. The van der Waals surface area contributed by atoms with Crippen LogP contribution in [0.1, 0.15) is 65.0 Å². The summed E-state index contributed by atoms with van der Waals surface area (Å²) in [6.45, 7) is 8.66. The zero-order chi connectivity index (χ0) is 15.5. The van der Waals surface area contributed by atoms with Gasteiger partial charge in [-0.1, -0.05) is 26.8 Å². The Morgan fingerprint density at radius 2 is 2.14 bits per heavy atom. The fourth-order valence-electron chi connectivity index (χ4n) is 2.75. The molecule has 0 spiro atoms. The van der Waals surface area contributed by atoms with Gasteiger partial charge in [0, 0.05) is 17.9 Å². The predicted octanol–water partition coefficient (Wildman–Crippen LogP) is 3.80. The van der Waals surface area contributed by atoms with Crippen LogP contribution >= 0.6 is 0 Å². The van der Waals surface area contributed by atoms with Gasteiger partial charge in [0.1, 0.15) is 0 Å². The first-order valence-corrected chi connectivity index (χ1v) is 7.76. The van der Waals surface area contributed by atoms with Crippen molar-refractivity contribution in [2.24, 2.45) is 5.41 Å². The van der Waals surface area contributed by atoms with Gasteiger partial charge >= 0.3 is 6.03 Å². The van der Waals surface area contributed by atoms with Crippen molar-refractivity contribution in [3.63, 3.8) is 0 Å². The smallest absolute Gasteiger partial charge is 0.315 e. The van der Waals surface area contributed by atoms with E-state index in [1.165, 1.54) is 6.42 Å². The number of carbonyl (C=O) groups excluding carboxylic acids is 1. The average Bonchev–Trinajstić information content (AvgIpc) is 2.35. The molecule has 116 valence electrons. The molecule has 1 fully saturated rings. The monoisotopic (exact) mass is 289 g/mol. The minimum absolute atomic E-state index is 0.0117. The zero-order valence-electron chi connectivity index (χ0n) is 13.6. The Hall–Kier alpha value is -1.58. The van der Waals surface area contributed by atoms with E-state index >= 15 is 0 Å². The molecule has 0 saturated heterocycles. The highest BCUT2D eigenvalue weighted by Gasteiger charge is 2.34. The van der Waals surface area contributed by atoms with Crippen LogP contribution < -0.4 is 10.6 Å². The van der Waals surface area contributed by atoms with E-state index in [9.17, 15) is 4.79 Å². The first kappa shape index (κ1) is 15.8. The normalized spacial score (nSPS) is 18.5. The van der Waals surface area contributed by atoms with Crippen molar-refractivity contribution in [2.75, 3.05) is 0 Å². The number of hydrogen-bond acceptors (Lipinski definition) is 2. The van der Waals surface area contributed by atoms with Gasteiger partial charge < -0.3 is 10.6 Å². The molecule has 1 aromatic heterocycles. The summed E-state index contributed by atoms with van der Waals surface area (Å²) in [6, 6.07) is 3.85. The van der Waals surface area contributed by atoms with Gasteiger partial charge in [-0.15, -0.1) is 0 Å². The Bertz CT molecular complexity index is 475. The summed E-state index contributed by atoms with van der Waals surface area (Å²) in [4.78, 5) is 16.5. The van der Waals surface area contributed by atoms with Gasteiger partial charge in [-0.05, 0) is 49.7 Å². The average molecular weight is 289 g/mol. The molecule has 0 aromatic carbocycles. The minimum atomic E-state index is -0.0738. The highest BCUT2D eigenvalue weighted by atomic mass is 16.2. The molecule has 0 unspecified atom stereocenters. The second-order valence-electron chi connectivity index (χ2n) is 7.62. The fraction of sp³-hybridized carbons (Fsp3) is 0.647. The van der Waals surface area contributed by atoms with Crippen molar-refractivity contribution >= 4 is 6.03 Å². The zero-order valence-corrected chi connectivity index (χ0v) is 13.6. The van der Waals surface area contributed by atoms with Crippen LogP contribution in [0.5, 0.6) is 0 Å². The van der Waals surface area contributed by atoms with E-state index in [4.69, 9.17) is 0 Å². The lowest BCUT2D eigenvalue weighted by Gasteiger charge is -2.39. The van der Waals surface area contributed by atoms with E-state index in [0.29, 0.717) is 0 Å². The second kappa shape index (κ2) is 6.04. The number of aromatic nitrogens is 1. The summed E-state index contributed by atoms with van der Waals surface area (Å²) in [6.07, 6.45) is 7.80. The Labute approximate surface area is 127 Å². The van der Waals surface area contributed by atoms with Crippen LogP contribution in [-0.4, -0.2) is 16.6 Å². The number of amides is 2. The van der Waals surface area contributed by atoms with Crippen LogP contribution in [0.2, 0.25) is 0 Å². The molecule has 1 aromatic rings. The molecule has 1 atom stereocenters. The molecule has 2 amide bonds. The Kier molecular flexibility index (Phi) is 4.55. The van der Waals surface area contributed by atoms with Crippen LogP contribution in [-0.2, 0) is 0 Å². The molecule has 0 bridgehead atoms. The Morgan fingerprint density at radius 1 is 1.43 bits per heavy atom. The lowest BCUT2D eigenvalue weighted by Crippen LogP contribution is -2.54. The van der Waals surface area contributed by atoms with Gasteiger partial charge in [-0.25, -0.2) is 4.79 Å². The SMILES string of the molecule is CC(C)(C)C[C@@H](NC(=O)NC1(C)CCC1)c1cccnc1. The summed E-state index contributed by atoms with van der Waals surface area (Å²) in [7, 11) is 0.